The molecule has 1 unspecified atom stereocenters. The Morgan fingerprint density at radius 1 is 1.15 bits per heavy atom. The number of pyridine rings is 1. The van der Waals surface area contributed by atoms with Gasteiger partial charge in [0.1, 0.15) is 0 Å². The van der Waals surface area contributed by atoms with Crippen LogP contribution in [0.4, 0.5) is 0 Å². The minimum atomic E-state index is -0.207. The third kappa shape index (κ3) is 4.17. The van der Waals surface area contributed by atoms with Gasteiger partial charge in [-0.1, -0.05) is 36.4 Å². The summed E-state index contributed by atoms with van der Waals surface area (Å²) >= 11 is 0. The first-order valence-electron chi connectivity index (χ1n) is 6.71. The highest BCUT2D eigenvalue weighted by Gasteiger charge is 2.16. The fraction of sp³-hybridized carbons (Fsp3) is 0.250. The van der Waals surface area contributed by atoms with Crippen LogP contribution < -0.4 is 11.1 Å². The second-order valence-corrected chi connectivity index (χ2v) is 4.66. The van der Waals surface area contributed by atoms with Crippen molar-refractivity contribution in [3.8, 4) is 0 Å². The van der Waals surface area contributed by atoms with Crippen LogP contribution in [0.2, 0.25) is 0 Å². The van der Waals surface area contributed by atoms with Crippen molar-refractivity contribution in [1.82, 2.24) is 10.3 Å². The van der Waals surface area contributed by atoms with Gasteiger partial charge >= 0.3 is 0 Å². The summed E-state index contributed by atoms with van der Waals surface area (Å²) in [6.07, 6.45) is 2.37. The maximum Gasteiger partial charge on any atom is 0.225 e. The number of benzene rings is 1. The smallest absolute Gasteiger partial charge is 0.225 e. The third-order valence-corrected chi connectivity index (χ3v) is 3.15. The lowest BCUT2D eigenvalue weighted by Gasteiger charge is -2.14. The third-order valence-electron chi connectivity index (χ3n) is 3.15. The van der Waals surface area contributed by atoms with E-state index in [1.165, 1.54) is 0 Å². The molecule has 0 saturated carbocycles. The molecule has 0 fully saturated rings. The number of aromatic nitrogens is 1. The number of rotatable bonds is 6. The normalized spacial score (nSPS) is 11.8. The first kappa shape index (κ1) is 14.2. The highest BCUT2D eigenvalue weighted by atomic mass is 16.1. The Bertz CT molecular complexity index is 528. The largest absolute Gasteiger partial charge is 0.350 e. The summed E-state index contributed by atoms with van der Waals surface area (Å²) in [4.78, 5) is 16.3. The van der Waals surface area contributed by atoms with Crippen LogP contribution in [0.1, 0.15) is 11.3 Å². The van der Waals surface area contributed by atoms with Crippen LogP contribution in [-0.2, 0) is 17.8 Å². The maximum atomic E-state index is 12.1. The zero-order valence-electron chi connectivity index (χ0n) is 11.3. The Labute approximate surface area is 119 Å². The molecule has 0 aliphatic carbocycles. The average Bonchev–Trinajstić information content (AvgIpc) is 2.52. The predicted octanol–water partition coefficient (Wildman–Crippen LogP) is 1.52. The minimum Gasteiger partial charge on any atom is -0.350 e. The molecule has 1 atom stereocenters. The number of hydrogen-bond donors (Lipinski definition) is 2. The molecule has 1 aromatic heterocycles. The lowest BCUT2D eigenvalue weighted by Crippen LogP contribution is -2.36. The van der Waals surface area contributed by atoms with E-state index in [-0.39, 0.29) is 11.8 Å². The van der Waals surface area contributed by atoms with Gasteiger partial charge in [0, 0.05) is 12.7 Å². The molecule has 20 heavy (non-hydrogen) atoms. The number of amides is 1. The SMILES string of the molecule is NCC(Cc1ccccc1)C(=O)NCc1ccccn1. The van der Waals surface area contributed by atoms with Crippen LogP contribution >= 0.6 is 0 Å². The molecule has 1 heterocycles. The monoisotopic (exact) mass is 269 g/mol. The average molecular weight is 269 g/mol. The molecule has 1 aromatic carbocycles. The number of hydrogen-bond acceptors (Lipinski definition) is 3. The summed E-state index contributed by atoms with van der Waals surface area (Å²) in [5.41, 5.74) is 7.68. The van der Waals surface area contributed by atoms with E-state index in [1.807, 2.05) is 48.5 Å². The van der Waals surface area contributed by atoms with Crippen LogP contribution in [0, 0.1) is 5.92 Å². The first-order chi connectivity index (χ1) is 9.79. The van der Waals surface area contributed by atoms with E-state index in [9.17, 15) is 4.79 Å². The molecule has 0 aliphatic rings. The molecule has 0 spiro atoms. The minimum absolute atomic E-state index is 0.0259. The Hall–Kier alpha value is -2.20. The lowest BCUT2D eigenvalue weighted by molar-refractivity contribution is -0.124. The standard InChI is InChI=1S/C16H19N3O/c17-11-14(10-13-6-2-1-3-7-13)16(20)19-12-15-8-4-5-9-18-15/h1-9,14H,10-12,17H2,(H,19,20). The van der Waals surface area contributed by atoms with E-state index in [0.29, 0.717) is 19.5 Å². The van der Waals surface area contributed by atoms with E-state index < -0.39 is 0 Å². The van der Waals surface area contributed by atoms with E-state index in [1.54, 1.807) is 6.20 Å². The van der Waals surface area contributed by atoms with Gasteiger partial charge in [0.2, 0.25) is 5.91 Å². The van der Waals surface area contributed by atoms with Crippen molar-refractivity contribution in [3.63, 3.8) is 0 Å². The molecule has 2 rings (SSSR count). The molecule has 1 amide bonds. The Balaban J connectivity index is 1.89. The van der Waals surface area contributed by atoms with E-state index in [4.69, 9.17) is 5.73 Å². The maximum absolute atomic E-state index is 12.1. The van der Waals surface area contributed by atoms with Crippen molar-refractivity contribution in [3.05, 3.63) is 66.0 Å². The number of carbonyl (C=O) groups is 1. The van der Waals surface area contributed by atoms with Crippen molar-refractivity contribution in [2.24, 2.45) is 11.7 Å². The van der Waals surface area contributed by atoms with Crippen LogP contribution in [-0.4, -0.2) is 17.4 Å². The summed E-state index contributed by atoms with van der Waals surface area (Å²) in [5.74, 6) is -0.233. The van der Waals surface area contributed by atoms with Crippen LogP contribution in [0.15, 0.2) is 54.7 Å². The topological polar surface area (TPSA) is 68.0 Å². The van der Waals surface area contributed by atoms with Gasteiger partial charge in [-0.15, -0.1) is 0 Å². The van der Waals surface area contributed by atoms with Gasteiger partial charge in [0.25, 0.3) is 0 Å². The Kier molecular flexibility index (Phi) is 5.26. The van der Waals surface area contributed by atoms with Crippen molar-refractivity contribution < 1.29 is 4.79 Å². The number of nitrogens with zero attached hydrogens (tertiary/aromatic N) is 1. The Morgan fingerprint density at radius 2 is 1.90 bits per heavy atom. The van der Waals surface area contributed by atoms with Gasteiger partial charge in [-0.3, -0.25) is 9.78 Å². The number of carbonyl (C=O) groups excluding carboxylic acids is 1. The molecule has 0 saturated heterocycles. The highest BCUT2D eigenvalue weighted by molar-refractivity contribution is 5.79. The molecule has 0 radical (unpaired) electrons. The summed E-state index contributed by atoms with van der Waals surface area (Å²) in [5, 5.41) is 2.89. The number of nitrogens with two attached hydrogens (primary N) is 1. The molecule has 2 aromatic rings. The van der Waals surface area contributed by atoms with Crippen molar-refractivity contribution >= 4 is 5.91 Å². The van der Waals surface area contributed by atoms with Gasteiger partial charge in [0.15, 0.2) is 0 Å². The Morgan fingerprint density at radius 3 is 2.55 bits per heavy atom. The predicted molar refractivity (Wildman–Crippen MR) is 78.8 cm³/mol. The van der Waals surface area contributed by atoms with Crippen LogP contribution in [0.5, 0.6) is 0 Å². The molecule has 4 nitrogen and oxygen atoms in total. The second kappa shape index (κ2) is 7.40. The molecule has 3 N–H and O–H groups in total. The van der Waals surface area contributed by atoms with Gasteiger partial charge in [-0.05, 0) is 24.1 Å². The zero-order valence-corrected chi connectivity index (χ0v) is 11.3. The molecular weight excluding hydrogens is 250 g/mol. The first-order valence-corrected chi connectivity index (χ1v) is 6.71. The van der Waals surface area contributed by atoms with Crippen molar-refractivity contribution in [2.75, 3.05) is 6.54 Å². The van der Waals surface area contributed by atoms with E-state index >= 15 is 0 Å². The summed E-state index contributed by atoms with van der Waals surface area (Å²) < 4.78 is 0. The van der Waals surface area contributed by atoms with Crippen molar-refractivity contribution in [2.45, 2.75) is 13.0 Å². The van der Waals surface area contributed by atoms with Gasteiger partial charge in [-0.2, -0.15) is 0 Å². The quantitative estimate of drug-likeness (QED) is 0.835. The fourth-order valence-electron chi connectivity index (χ4n) is 2.01. The van der Waals surface area contributed by atoms with Gasteiger partial charge in [0.05, 0.1) is 18.2 Å². The fourth-order valence-corrected chi connectivity index (χ4v) is 2.01. The van der Waals surface area contributed by atoms with Crippen LogP contribution in [0.25, 0.3) is 0 Å². The zero-order chi connectivity index (χ0) is 14.2. The van der Waals surface area contributed by atoms with Crippen molar-refractivity contribution in [1.29, 1.82) is 0 Å². The van der Waals surface area contributed by atoms with Gasteiger partial charge < -0.3 is 11.1 Å². The number of nitrogens with one attached hydrogen (secondary N) is 1. The highest BCUT2D eigenvalue weighted by Crippen LogP contribution is 2.08. The summed E-state index contributed by atoms with van der Waals surface area (Å²) in [6, 6.07) is 15.5. The molecule has 0 aliphatic heterocycles. The lowest BCUT2D eigenvalue weighted by atomic mass is 9.98. The van der Waals surface area contributed by atoms with E-state index in [2.05, 4.69) is 10.3 Å². The molecular formula is C16H19N3O. The van der Waals surface area contributed by atoms with E-state index in [0.717, 1.165) is 11.3 Å². The molecule has 4 heteroatoms. The molecule has 104 valence electrons. The molecule has 0 bridgehead atoms. The van der Waals surface area contributed by atoms with Crippen LogP contribution in [0.3, 0.4) is 0 Å². The van der Waals surface area contributed by atoms with Gasteiger partial charge in [-0.25, -0.2) is 0 Å². The second-order valence-electron chi connectivity index (χ2n) is 4.66. The summed E-state index contributed by atoms with van der Waals surface area (Å²) in [6.45, 7) is 0.772. The summed E-state index contributed by atoms with van der Waals surface area (Å²) in [7, 11) is 0.